The van der Waals surface area contributed by atoms with E-state index in [4.69, 9.17) is 17.3 Å². The monoisotopic (exact) mass is 412 g/mol. The van der Waals surface area contributed by atoms with Crippen LogP contribution in [-0.2, 0) is 14.4 Å². The molecule has 29 heavy (non-hydrogen) atoms. The van der Waals surface area contributed by atoms with Crippen molar-refractivity contribution in [2.75, 3.05) is 6.54 Å². The number of hydrogen-bond acceptors (Lipinski definition) is 4. The lowest BCUT2D eigenvalue weighted by atomic mass is 9.88. The summed E-state index contributed by atoms with van der Waals surface area (Å²) in [5, 5.41) is 11.4. The van der Waals surface area contributed by atoms with Crippen LogP contribution in [0.25, 0.3) is 5.76 Å². The number of hydrogen-bond donors (Lipinski definition) is 2. The van der Waals surface area contributed by atoms with Gasteiger partial charge in [-0.05, 0) is 41.3 Å². The molecule has 0 saturated carbocycles. The standard InChI is InChI=1S/C22H21ClN2O4/c1-12(2)15-5-3-4-6-16(15)19-18(20(27)13-7-9-14(23)10-8-13)21(28)22(29)25(19)11-17(24)26/h3-10,12,19,27H,11H2,1-2H3,(H2,24,26)/b20-18+. The third-order valence-corrected chi connectivity index (χ3v) is 5.15. The van der Waals surface area contributed by atoms with Crippen molar-refractivity contribution in [1.82, 2.24) is 4.90 Å². The van der Waals surface area contributed by atoms with Gasteiger partial charge in [-0.3, -0.25) is 14.4 Å². The van der Waals surface area contributed by atoms with Gasteiger partial charge in [0, 0.05) is 10.6 Å². The zero-order valence-electron chi connectivity index (χ0n) is 16.1. The average molecular weight is 413 g/mol. The van der Waals surface area contributed by atoms with Gasteiger partial charge in [0.1, 0.15) is 12.3 Å². The lowest BCUT2D eigenvalue weighted by Crippen LogP contribution is -2.37. The number of likely N-dealkylation sites (tertiary alicyclic amines) is 1. The predicted octanol–water partition coefficient (Wildman–Crippen LogP) is 3.37. The van der Waals surface area contributed by atoms with E-state index in [0.717, 1.165) is 10.5 Å². The van der Waals surface area contributed by atoms with Gasteiger partial charge in [0.25, 0.3) is 11.7 Å². The number of amides is 2. The molecule has 7 heteroatoms. The molecule has 6 nitrogen and oxygen atoms in total. The van der Waals surface area contributed by atoms with Gasteiger partial charge in [0.15, 0.2) is 0 Å². The van der Waals surface area contributed by atoms with Crippen LogP contribution in [0.2, 0.25) is 5.02 Å². The van der Waals surface area contributed by atoms with E-state index in [0.29, 0.717) is 16.1 Å². The first-order valence-corrected chi connectivity index (χ1v) is 9.51. The Bertz CT molecular complexity index is 1010. The highest BCUT2D eigenvalue weighted by Crippen LogP contribution is 2.41. The van der Waals surface area contributed by atoms with Gasteiger partial charge in [0.05, 0.1) is 11.6 Å². The molecular formula is C22H21ClN2O4. The van der Waals surface area contributed by atoms with Gasteiger partial charge in [-0.1, -0.05) is 49.7 Å². The Labute approximate surface area is 173 Å². The van der Waals surface area contributed by atoms with Crippen molar-refractivity contribution in [2.45, 2.75) is 25.8 Å². The molecule has 1 atom stereocenters. The first-order chi connectivity index (χ1) is 13.7. The number of halogens is 1. The fraction of sp³-hybridized carbons (Fsp3) is 0.227. The van der Waals surface area contributed by atoms with Crippen LogP contribution in [-0.4, -0.2) is 34.1 Å². The smallest absolute Gasteiger partial charge is 0.296 e. The minimum Gasteiger partial charge on any atom is -0.507 e. The SMILES string of the molecule is CC(C)c1ccccc1C1/C(=C(\O)c2ccc(Cl)cc2)C(=O)C(=O)N1CC(N)=O. The number of rotatable bonds is 5. The normalized spacial score (nSPS) is 18.5. The summed E-state index contributed by atoms with van der Waals surface area (Å²) >= 11 is 5.91. The van der Waals surface area contributed by atoms with Crippen molar-refractivity contribution in [1.29, 1.82) is 0 Å². The van der Waals surface area contributed by atoms with E-state index in [1.807, 2.05) is 26.0 Å². The number of Topliss-reactive ketones (excluding diaryl/α,β-unsaturated/α-hetero) is 1. The van der Waals surface area contributed by atoms with E-state index in [1.165, 1.54) is 0 Å². The second kappa shape index (κ2) is 8.09. The highest BCUT2D eigenvalue weighted by molar-refractivity contribution is 6.47. The number of benzene rings is 2. The minimum absolute atomic E-state index is 0.0772. The second-order valence-corrected chi connectivity index (χ2v) is 7.62. The molecular weight excluding hydrogens is 392 g/mol. The lowest BCUT2D eigenvalue weighted by Gasteiger charge is -2.27. The zero-order chi connectivity index (χ0) is 21.3. The molecule has 2 amide bonds. The molecule has 1 unspecified atom stereocenters. The van der Waals surface area contributed by atoms with E-state index in [-0.39, 0.29) is 17.3 Å². The first-order valence-electron chi connectivity index (χ1n) is 9.13. The van der Waals surface area contributed by atoms with Crippen LogP contribution in [0.15, 0.2) is 54.1 Å². The summed E-state index contributed by atoms with van der Waals surface area (Å²) in [6.07, 6.45) is 0. The van der Waals surface area contributed by atoms with E-state index < -0.39 is 30.2 Å². The average Bonchev–Trinajstić information content (AvgIpc) is 2.92. The molecule has 0 aromatic heterocycles. The number of ketones is 1. The molecule has 0 radical (unpaired) electrons. The minimum atomic E-state index is -0.920. The summed E-state index contributed by atoms with van der Waals surface area (Å²) in [5.74, 6) is -2.71. The van der Waals surface area contributed by atoms with Gasteiger partial charge >= 0.3 is 0 Å². The number of nitrogens with two attached hydrogens (primary N) is 1. The third kappa shape index (κ3) is 3.89. The summed E-state index contributed by atoms with van der Waals surface area (Å²) in [7, 11) is 0. The quantitative estimate of drug-likeness (QED) is 0.446. The maximum absolute atomic E-state index is 12.9. The molecule has 1 heterocycles. The topological polar surface area (TPSA) is 101 Å². The van der Waals surface area contributed by atoms with Crippen molar-refractivity contribution < 1.29 is 19.5 Å². The Morgan fingerprint density at radius 3 is 2.34 bits per heavy atom. The van der Waals surface area contributed by atoms with E-state index in [2.05, 4.69) is 0 Å². The summed E-state index contributed by atoms with van der Waals surface area (Å²) in [4.78, 5) is 38.3. The van der Waals surface area contributed by atoms with Crippen LogP contribution in [0.3, 0.4) is 0 Å². The van der Waals surface area contributed by atoms with Crippen LogP contribution in [0.4, 0.5) is 0 Å². The fourth-order valence-corrected chi connectivity index (χ4v) is 3.71. The molecule has 3 rings (SSSR count). The summed E-state index contributed by atoms with van der Waals surface area (Å²) < 4.78 is 0. The van der Waals surface area contributed by atoms with Crippen LogP contribution in [0, 0.1) is 0 Å². The number of primary amides is 1. The van der Waals surface area contributed by atoms with Gasteiger partial charge < -0.3 is 15.7 Å². The van der Waals surface area contributed by atoms with Crippen LogP contribution in [0.1, 0.15) is 42.5 Å². The molecule has 1 aliphatic rings. The number of carbonyl (C=O) groups excluding carboxylic acids is 3. The molecule has 0 spiro atoms. The molecule has 2 aromatic carbocycles. The Balaban J connectivity index is 2.26. The van der Waals surface area contributed by atoms with E-state index >= 15 is 0 Å². The fourth-order valence-electron chi connectivity index (χ4n) is 3.58. The summed E-state index contributed by atoms with van der Waals surface area (Å²) in [6, 6.07) is 12.7. The Kier molecular flexibility index (Phi) is 5.75. The van der Waals surface area contributed by atoms with Crippen LogP contribution in [0.5, 0.6) is 0 Å². The highest BCUT2D eigenvalue weighted by Gasteiger charge is 2.47. The number of carbonyl (C=O) groups is 3. The Hall–Kier alpha value is -3.12. The first kappa shape index (κ1) is 20.6. The molecule has 0 bridgehead atoms. The second-order valence-electron chi connectivity index (χ2n) is 7.18. The molecule has 1 saturated heterocycles. The Morgan fingerprint density at radius 2 is 1.76 bits per heavy atom. The Morgan fingerprint density at radius 1 is 1.14 bits per heavy atom. The van der Waals surface area contributed by atoms with Crippen molar-refractivity contribution in [3.05, 3.63) is 75.8 Å². The lowest BCUT2D eigenvalue weighted by molar-refractivity contribution is -0.141. The molecule has 0 aliphatic carbocycles. The third-order valence-electron chi connectivity index (χ3n) is 4.90. The number of nitrogens with zero attached hydrogens (tertiary/aromatic N) is 1. The molecule has 2 aromatic rings. The molecule has 1 fully saturated rings. The van der Waals surface area contributed by atoms with Gasteiger partial charge in [-0.2, -0.15) is 0 Å². The molecule has 1 aliphatic heterocycles. The maximum Gasteiger partial charge on any atom is 0.296 e. The zero-order valence-corrected chi connectivity index (χ0v) is 16.8. The van der Waals surface area contributed by atoms with Crippen LogP contribution < -0.4 is 5.73 Å². The van der Waals surface area contributed by atoms with Crippen molar-refractivity contribution >= 4 is 35.0 Å². The van der Waals surface area contributed by atoms with Gasteiger partial charge in [-0.15, -0.1) is 0 Å². The van der Waals surface area contributed by atoms with E-state index in [1.54, 1.807) is 36.4 Å². The molecule has 3 N–H and O–H groups in total. The van der Waals surface area contributed by atoms with Crippen molar-refractivity contribution in [3.8, 4) is 0 Å². The summed E-state index contributed by atoms with van der Waals surface area (Å²) in [6.45, 7) is 3.54. The largest absolute Gasteiger partial charge is 0.507 e. The number of aliphatic hydroxyl groups is 1. The predicted molar refractivity (Wildman–Crippen MR) is 110 cm³/mol. The molecule has 150 valence electrons. The van der Waals surface area contributed by atoms with E-state index in [9.17, 15) is 19.5 Å². The van der Waals surface area contributed by atoms with Crippen LogP contribution >= 0.6 is 11.6 Å². The highest BCUT2D eigenvalue weighted by atomic mass is 35.5. The van der Waals surface area contributed by atoms with Crippen molar-refractivity contribution in [3.63, 3.8) is 0 Å². The van der Waals surface area contributed by atoms with Gasteiger partial charge in [-0.25, -0.2) is 0 Å². The summed E-state index contributed by atoms with van der Waals surface area (Å²) in [5.41, 5.74) is 7.16. The van der Waals surface area contributed by atoms with Gasteiger partial charge in [0.2, 0.25) is 5.91 Å². The van der Waals surface area contributed by atoms with Crippen molar-refractivity contribution in [2.24, 2.45) is 5.73 Å². The number of aliphatic hydroxyl groups excluding tert-OH is 1. The maximum atomic E-state index is 12.9.